The molecular formula is C17H14BrN4O2. The van der Waals surface area contributed by atoms with Gasteiger partial charge in [0.2, 0.25) is 5.88 Å². The Balaban J connectivity index is 1.61. The van der Waals surface area contributed by atoms with Gasteiger partial charge in [-0.1, -0.05) is 29.8 Å². The molecule has 0 bridgehead atoms. The zero-order chi connectivity index (χ0) is 16.8. The van der Waals surface area contributed by atoms with Crippen molar-refractivity contribution in [3.05, 3.63) is 59.2 Å². The van der Waals surface area contributed by atoms with Crippen molar-refractivity contribution in [1.29, 1.82) is 0 Å². The standard InChI is InChI=1S/C17H14BrN4O2/c1-12-2-4-13(5-3-12)15-10-19-11-22-16(15)23-6-7-24-17-20-8-14(18)9-21-17/h2-5,8-9,11H,6-7H2,1H3. The second kappa shape index (κ2) is 7.83. The van der Waals surface area contributed by atoms with Crippen LogP contribution in [-0.2, 0) is 0 Å². The number of nitrogens with zero attached hydrogens (tertiary/aromatic N) is 4. The van der Waals surface area contributed by atoms with Crippen LogP contribution in [0, 0.1) is 13.1 Å². The fourth-order valence-electron chi connectivity index (χ4n) is 1.95. The van der Waals surface area contributed by atoms with Crippen molar-refractivity contribution >= 4 is 15.9 Å². The minimum atomic E-state index is 0.301. The summed E-state index contributed by atoms with van der Waals surface area (Å²) in [5, 5.41) is 0. The highest BCUT2D eigenvalue weighted by Crippen LogP contribution is 2.26. The van der Waals surface area contributed by atoms with Crippen LogP contribution in [0.5, 0.6) is 11.9 Å². The smallest absolute Gasteiger partial charge is 0.316 e. The molecule has 0 saturated carbocycles. The molecule has 0 atom stereocenters. The van der Waals surface area contributed by atoms with Gasteiger partial charge in [0.15, 0.2) is 0 Å². The molecule has 24 heavy (non-hydrogen) atoms. The molecule has 0 saturated heterocycles. The third-order valence-electron chi connectivity index (χ3n) is 3.11. The lowest BCUT2D eigenvalue weighted by Crippen LogP contribution is -2.11. The maximum absolute atomic E-state index is 5.70. The van der Waals surface area contributed by atoms with E-state index in [0.717, 1.165) is 15.6 Å². The van der Waals surface area contributed by atoms with Gasteiger partial charge in [-0.05, 0) is 28.4 Å². The van der Waals surface area contributed by atoms with E-state index in [0.29, 0.717) is 25.1 Å². The maximum Gasteiger partial charge on any atom is 0.316 e. The van der Waals surface area contributed by atoms with E-state index in [-0.39, 0.29) is 0 Å². The molecule has 7 heteroatoms. The Morgan fingerprint density at radius 3 is 2.46 bits per heavy atom. The van der Waals surface area contributed by atoms with Gasteiger partial charge in [-0.2, -0.15) is 0 Å². The molecule has 2 aromatic heterocycles. The Bertz CT molecular complexity index is 794. The second-order valence-electron chi connectivity index (χ2n) is 4.91. The normalized spacial score (nSPS) is 10.4. The molecule has 3 rings (SSSR count). The lowest BCUT2D eigenvalue weighted by molar-refractivity contribution is 0.202. The third kappa shape index (κ3) is 4.26. The van der Waals surface area contributed by atoms with Crippen molar-refractivity contribution < 1.29 is 9.47 Å². The molecule has 0 aliphatic heterocycles. The molecule has 0 aliphatic carbocycles. The van der Waals surface area contributed by atoms with E-state index in [4.69, 9.17) is 9.47 Å². The topological polar surface area (TPSA) is 70.0 Å². The van der Waals surface area contributed by atoms with Crippen LogP contribution in [0.1, 0.15) is 5.56 Å². The third-order valence-corrected chi connectivity index (χ3v) is 3.52. The van der Waals surface area contributed by atoms with E-state index in [2.05, 4.69) is 42.1 Å². The highest BCUT2D eigenvalue weighted by molar-refractivity contribution is 9.10. The Morgan fingerprint density at radius 1 is 1.00 bits per heavy atom. The zero-order valence-corrected chi connectivity index (χ0v) is 14.5. The molecule has 121 valence electrons. The molecule has 1 aromatic carbocycles. The largest absolute Gasteiger partial charge is 0.474 e. The Morgan fingerprint density at radius 2 is 1.71 bits per heavy atom. The Hall–Kier alpha value is -2.54. The van der Waals surface area contributed by atoms with Crippen molar-refractivity contribution in [1.82, 2.24) is 19.9 Å². The van der Waals surface area contributed by atoms with Gasteiger partial charge in [-0.15, -0.1) is 0 Å². The molecule has 6 nitrogen and oxygen atoms in total. The van der Waals surface area contributed by atoms with Crippen molar-refractivity contribution in [2.24, 2.45) is 0 Å². The summed E-state index contributed by atoms with van der Waals surface area (Å²) in [6.45, 7) is 2.65. The quantitative estimate of drug-likeness (QED) is 0.606. The summed E-state index contributed by atoms with van der Waals surface area (Å²) >= 11 is 3.27. The summed E-state index contributed by atoms with van der Waals surface area (Å²) in [6, 6.07) is 8.32. The van der Waals surface area contributed by atoms with Crippen LogP contribution in [0.15, 0.2) is 47.5 Å². The fourth-order valence-corrected chi connectivity index (χ4v) is 2.16. The average molecular weight is 386 g/mol. The first-order valence-corrected chi connectivity index (χ1v) is 8.04. The summed E-state index contributed by atoms with van der Waals surface area (Å²) in [6.07, 6.45) is 7.58. The first-order valence-electron chi connectivity index (χ1n) is 7.25. The molecule has 0 fully saturated rings. The fraction of sp³-hybridized carbons (Fsp3) is 0.176. The first-order chi connectivity index (χ1) is 11.7. The minimum absolute atomic E-state index is 0.301. The molecule has 0 aliphatic rings. The predicted octanol–water partition coefficient (Wildman–Crippen LogP) is 3.26. The van der Waals surface area contributed by atoms with Crippen molar-refractivity contribution in [2.75, 3.05) is 13.2 Å². The number of hydrogen-bond acceptors (Lipinski definition) is 6. The van der Waals surface area contributed by atoms with Gasteiger partial charge >= 0.3 is 6.01 Å². The maximum atomic E-state index is 5.70. The van der Waals surface area contributed by atoms with Crippen LogP contribution in [0.3, 0.4) is 0 Å². The SMILES string of the molecule is Cc1ccc(-c2[c]ncnc2OCCOc2ncc(Br)cn2)cc1. The highest BCUT2D eigenvalue weighted by atomic mass is 79.9. The van der Waals surface area contributed by atoms with Gasteiger partial charge in [0, 0.05) is 12.4 Å². The average Bonchev–Trinajstić information content (AvgIpc) is 2.61. The molecule has 2 heterocycles. The van der Waals surface area contributed by atoms with E-state index in [9.17, 15) is 0 Å². The van der Waals surface area contributed by atoms with E-state index < -0.39 is 0 Å². The molecule has 3 aromatic rings. The Labute approximate surface area is 148 Å². The number of rotatable bonds is 6. The van der Waals surface area contributed by atoms with E-state index in [1.54, 1.807) is 12.4 Å². The number of hydrogen-bond donors (Lipinski definition) is 0. The predicted molar refractivity (Wildman–Crippen MR) is 91.8 cm³/mol. The van der Waals surface area contributed by atoms with Crippen LogP contribution in [0.4, 0.5) is 0 Å². The van der Waals surface area contributed by atoms with Crippen molar-refractivity contribution in [2.45, 2.75) is 6.92 Å². The van der Waals surface area contributed by atoms with Gasteiger partial charge < -0.3 is 9.47 Å². The van der Waals surface area contributed by atoms with Crippen LogP contribution in [0.25, 0.3) is 11.1 Å². The number of aryl methyl sites for hydroxylation is 1. The van der Waals surface area contributed by atoms with Crippen molar-refractivity contribution in [3.63, 3.8) is 0 Å². The van der Waals surface area contributed by atoms with Crippen LogP contribution < -0.4 is 9.47 Å². The lowest BCUT2D eigenvalue weighted by Gasteiger charge is -2.10. The van der Waals surface area contributed by atoms with Gasteiger partial charge in [0.25, 0.3) is 0 Å². The van der Waals surface area contributed by atoms with Crippen LogP contribution in [0.2, 0.25) is 0 Å². The van der Waals surface area contributed by atoms with Gasteiger partial charge in [0.05, 0.1) is 10.0 Å². The molecule has 0 spiro atoms. The van der Waals surface area contributed by atoms with E-state index in [1.165, 1.54) is 11.9 Å². The van der Waals surface area contributed by atoms with Crippen molar-refractivity contribution in [3.8, 4) is 23.0 Å². The number of aromatic nitrogens is 4. The van der Waals surface area contributed by atoms with E-state index in [1.807, 2.05) is 31.2 Å². The zero-order valence-electron chi connectivity index (χ0n) is 12.9. The summed E-state index contributed by atoms with van der Waals surface area (Å²) in [7, 11) is 0. The molecule has 0 amide bonds. The molecule has 0 unspecified atom stereocenters. The minimum Gasteiger partial charge on any atom is -0.474 e. The second-order valence-corrected chi connectivity index (χ2v) is 5.83. The first kappa shape index (κ1) is 16.3. The number of halogens is 1. The Kier molecular flexibility index (Phi) is 5.32. The van der Waals surface area contributed by atoms with Gasteiger partial charge in [-0.3, -0.25) is 0 Å². The number of ether oxygens (including phenoxy) is 2. The van der Waals surface area contributed by atoms with Crippen LogP contribution in [-0.4, -0.2) is 33.1 Å². The highest BCUT2D eigenvalue weighted by Gasteiger charge is 2.09. The molecular weight excluding hydrogens is 372 g/mol. The van der Waals surface area contributed by atoms with Gasteiger partial charge in [0.1, 0.15) is 25.7 Å². The molecule has 0 N–H and O–H groups in total. The van der Waals surface area contributed by atoms with Crippen LogP contribution >= 0.6 is 15.9 Å². The van der Waals surface area contributed by atoms with Gasteiger partial charge in [-0.25, -0.2) is 19.9 Å². The summed E-state index contributed by atoms with van der Waals surface area (Å²) in [5.41, 5.74) is 2.85. The summed E-state index contributed by atoms with van der Waals surface area (Å²) in [5.74, 6) is 0.467. The summed E-state index contributed by atoms with van der Waals surface area (Å²) < 4.78 is 11.9. The lowest BCUT2D eigenvalue weighted by atomic mass is 10.1. The molecule has 1 radical (unpaired) electrons. The van der Waals surface area contributed by atoms with E-state index >= 15 is 0 Å². The monoisotopic (exact) mass is 385 g/mol. The number of benzene rings is 1. The summed E-state index contributed by atoms with van der Waals surface area (Å²) in [4.78, 5) is 16.2.